The smallest absolute Gasteiger partial charge is 0.115 e. The third kappa shape index (κ3) is 2.07. The third-order valence-electron chi connectivity index (χ3n) is 2.79. The van der Waals surface area contributed by atoms with Gasteiger partial charge in [0.25, 0.3) is 0 Å². The minimum Gasteiger partial charge on any atom is -0.508 e. The molecule has 2 rings (SSSR count). The van der Waals surface area contributed by atoms with E-state index >= 15 is 0 Å². The summed E-state index contributed by atoms with van der Waals surface area (Å²) in [5.74, 6) is 1.04. The van der Waals surface area contributed by atoms with Crippen LogP contribution in [0.25, 0.3) is 0 Å². The van der Waals surface area contributed by atoms with E-state index in [0.29, 0.717) is 5.75 Å². The van der Waals surface area contributed by atoms with E-state index in [1.165, 1.54) is 0 Å². The Morgan fingerprint density at radius 1 is 1.43 bits per heavy atom. The number of hydrogen-bond acceptors (Lipinski definition) is 2. The molecular formula is C12H16O2. The van der Waals surface area contributed by atoms with Crippen LogP contribution in [0, 0.1) is 5.92 Å². The molecule has 1 N–H and O–H groups in total. The van der Waals surface area contributed by atoms with Crippen LogP contribution in [-0.4, -0.2) is 11.7 Å². The van der Waals surface area contributed by atoms with Crippen molar-refractivity contribution in [3.05, 3.63) is 29.8 Å². The van der Waals surface area contributed by atoms with Crippen molar-refractivity contribution in [1.82, 2.24) is 0 Å². The summed E-state index contributed by atoms with van der Waals surface area (Å²) in [6.45, 7) is 3.08. The monoisotopic (exact) mass is 192 g/mol. The highest BCUT2D eigenvalue weighted by molar-refractivity contribution is 5.28. The molecule has 2 heteroatoms. The fourth-order valence-electron chi connectivity index (χ4n) is 1.92. The Hall–Kier alpha value is -1.02. The second-order valence-corrected chi connectivity index (χ2v) is 4.08. The summed E-state index contributed by atoms with van der Waals surface area (Å²) in [5.41, 5.74) is 1.09. The highest BCUT2D eigenvalue weighted by Gasteiger charge is 2.20. The van der Waals surface area contributed by atoms with E-state index in [0.717, 1.165) is 30.9 Å². The average Bonchev–Trinajstić information content (AvgIpc) is 2.18. The number of rotatable bonds is 1. The van der Waals surface area contributed by atoms with E-state index < -0.39 is 0 Å². The van der Waals surface area contributed by atoms with Gasteiger partial charge in [-0.3, -0.25) is 0 Å². The fraction of sp³-hybridized carbons (Fsp3) is 0.500. The minimum absolute atomic E-state index is 0.172. The molecule has 0 aliphatic carbocycles. The maximum atomic E-state index is 9.35. The van der Waals surface area contributed by atoms with Crippen molar-refractivity contribution < 1.29 is 9.84 Å². The van der Waals surface area contributed by atoms with Crippen molar-refractivity contribution in [2.24, 2.45) is 5.92 Å². The normalized spacial score (nSPS) is 27.5. The van der Waals surface area contributed by atoms with Gasteiger partial charge in [-0.2, -0.15) is 0 Å². The summed E-state index contributed by atoms with van der Waals surface area (Å²) >= 11 is 0. The largest absolute Gasteiger partial charge is 0.508 e. The maximum Gasteiger partial charge on any atom is 0.115 e. The molecule has 2 unspecified atom stereocenters. The first-order valence-corrected chi connectivity index (χ1v) is 5.16. The van der Waals surface area contributed by atoms with Gasteiger partial charge in [-0.25, -0.2) is 0 Å². The van der Waals surface area contributed by atoms with E-state index in [1.807, 2.05) is 12.1 Å². The summed E-state index contributed by atoms with van der Waals surface area (Å²) in [7, 11) is 0. The second kappa shape index (κ2) is 4.01. The van der Waals surface area contributed by atoms with Crippen LogP contribution >= 0.6 is 0 Å². The lowest BCUT2D eigenvalue weighted by Gasteiger charge is -2.27. The Kier molecular flexibility index (Phi) is 2.73. The van der Waals surface area contributed by atoms with Crippen molar-refractivity contribution in [3.63, 3.8) is 0 Å². The van der Waals surface area contributed by atoms with Crippen LogP contribution in [0.3, 0.4) is 0 Å². The molecule has 0 amide bonds. The van der Waals surface area contributed by atoms with E-state index in [-0.39, 0.29) is 6.10 Å². The quantitative estimate of drug-likeness (QED) is 0.741. The van der Waals surface area contributed by atoms with Crippen molar-refractivity contribution in [2.45, 2.75) is 25.9 Å². The highest BCUT2D eigenvalue weighted by atomic mass is 16.5. The number of ether oxygens (including phenoxy) is 1. The van der Waals surface area contributed by atoms with Crippen LogP contribution in [0.4, 0.5) is 0 Å². The Morgan fingerprint density at radius 3 is 3.00 bits per heavy atom. The summed E-state index contributed by atoms with van der Waals surface area (Å²) in [5, 5.41) is 9.35. The summed E-state index contributed by atoms with van der Waals surface area (Å²) in [6, 6.07) is 7.37. The zero-order chi connectivity index (χ0) is 9.97. The Bertz CT molecular complexity index is 309. The second-order valence-electron chi connectivity index (χ2n) is 4.08. The molecule has 0 saturated carbocycles. The maximum absolute atomic E-state index is 9.35. The topological polar surface area (TPSA) is 29.5 Å². The average molecular weight is 192 g/mol. The Morgan fingerprint density at radius 2 is 2.29 bits per heavy atom. The first kappa shape index (κ1) is 9.53. The van der Waals surface area contributed by atoms with Crippen LogP contribution < -0.4 is 0 Å². The zero-order valence-corrected chi connectivity index (χ0v) is 8.44. The standard InChI is InChI=1S/C12H16O2/c1-9-5-6-14-12(7-9)10-3-2-4-11(13)8-10/h2-4,8-9,12-13H,5-7H2,1H3. The predicted octanol–water partition coefficient (Wildman–Crippen LogP) is 2.88. The Labute approximate surface area is 84.5 Å². The van der Waals surface area contributed by atoms with Crippen LogP contribution in [0.5, 0.6) is 5.75 Å². The molecule has 1 aliphatic heterocycles. The zero-order valence-electron chi connectivity index (χ0n) is 8.44. The molecule has 1 saturated heterocycles. The summed E-state index contributed by atoms with van der Waals surface area (Å²) < 4.78 is 5.68. The SMILES string of the molecule is CC1CCOC(c2cccc(O)c2)C1. The van der Waals surface area contributed by atoms with Gasteiger partial charge in [-0.1, -0.05) is 19.1 Å². The van der Waals surface area contributed by atoms with Gasteiger partial charge in [0.05, 0.1) is 6.10 Å². The number of phenolic OH excluding ortho intramolecular Hbond substituents is 1. The van der Waals surface area contributed by atoms with Gasteiger partial charge < -0.3 is 9.84 Å². The molecule has 0 radical (unpaired) electrons. The molecular weight excluding hydrogens is 176 g/mol. The lowest BCUT2D eigenvalue weighted by Crippen LogP contribution is -2.17. The van der Waals surface area contributed by atoms with Gasteiger partial charge in [0.15, 0.2) is 0 Å². The molecule has 0 aromatic heterocycles. The van der Waals surface area contributed by atoms with E-state index in [9.17, 15) is 5.11 Å². The number of hydrogen-bond donors (Lipinski definition) is 1. The number of benzene rings is 1. The Balaban J connectivity index is 2.14. The van der Waals surface area contributed by atoms with Crippen LogP contribution in [0.2, 0.25) is 0 Å². The molecule has 2 nitrogen and oxygen atoms in total. The van der Waals surface area contributed by atoms with Crippen LogP contribution in [0.1, 0.15) is 31.4 Å². The van der Waals surface area contributed by atoms with Crippen molar-refractivity contribution in [2.75, 3.05) is 6.61 Å². The number of aromatic hydroxyl groups is 1. The van der Waals surface area contributed by atoms with Crippen LogP contribution in [0.15, 0.2) is 24.3 Å². The summed E-state index contributed by atoms with van der Waals surface area (Å²) in [4.78, 5) is 0. The molecule has 0 spiro atoms. The lowest BCUT2D eigenvalue weighted by atomic mass is 9.93. The molecule has 2 atom stereocenters. The summed E-state index contributed by atoms with van der Waals surface area (Å²) in [6.07, 6.45) is 2.38. The fourth-order valence-corrected chi connectivity index (χ4v) is 1.92. The molecule has 0 bridgehead atoms. The van der Waals surface area contributed by atoms with E-state index in [4.69, 9.17) is 4.74 Å². The van der Waals surface area contributed by atoms with Gasteiger partial charge >= 0.3 is 0 Å². The first-order chi connectivity index (χ1) is 6.75. The van der Waals surface area contributed by atoms with Crippen LogP contribution in [-0.2, 0) is 4.74 Å². The van der Waals surface area contributed by atoms with Crippen molar-refractivity contribution in [1.29, 1.82) is 0 Å². The molecule has 1 aliphatic rings. The highest BCUT2D eigenvalue weighted by Crippen LogP contribution is 2.32. The molecule has 1 fully saturated rings. The molecule has 1 aromatic rings. The van der Waals surface area contributed by atoms with E-state index in [1.54, 1.807) is 12.1 Å². The lowest BCUT2D eigenvalue weighted by molar-refractivity contribution is -0.00642. The van der Waals surface area contributed by atoms with Gasteiger partial charge in [-0.05, 0) is 36.5 Å². The van der Waals surface area contributed by atoms with Gasteiger partial charge in [0.2, 0.25) is 0 Å². The van der Waals surface area contributed by atoms with Gasteiger partial charge in [0, 0.05) is 6.61 Å². The molecule has 1 aromatic carbocycles. The first-order valence-electron chi connectivity index (χ1n) is 5.16. The van der Waals surface area contributed by atoms with E-state index in [2.05, 4.69) is 6.92 Å². The van der Waals surface area contributed by atoms with Gasteiger partial charge in [-0.15, -0.1) is 0 Å². The third-order valence-corrected chi connectivity index (χ3v) is 2.79. The van der Waals surface area contributed by atoms with Crippen molar-refractivity contribution >= 4 is 0 Å². The number of phenols is 1. The molecule has 1 heterocycles. The molecule has 76 valence electrons. The van der Waals surface area contributed by atoms with Crippen molar-refractivity contribution in [3.8, 4) is 5.75 Å². The molecule has 14 heavy (non-hydrogen) atoms. The minimum atomic E-state index is 0.172. The predicted molar refractivity (Wildman–Crippen MR) is 55.2 cm³/mol. The van der Waals surface area contributed by atoms with Gasteiger partial charge in [0.1, 0.15) is 5.75 Å².